The van der Waals surface area contributed by atoms with Gasteiger partial charge in [0.25, 0.3) is 0 Å². The predicted molar refractivity (Wildman–Crippen MR) is 108 cm³/mol. The van der Waals surface area contributed by atoms with Crippen LogP contribution in [0.2, 0.25) is 0 Å². The van der Waals surface area contributed by atoms with Crippen molar-refractivity contribution in [3.05, 3.63) is 73.4 Å². The molecule has 2 aromatic carbocycles. The van der Waals surface area contributed by atoms with Gasteiger partial charge in [0, 0.05) is 28.5 Å². The Morgan fingerprint density at radius 1 is 1.15 bits per heavy atom. The van der Waals surface area contributed by atoms with Crippen molar-refractivity contribution in [1.29, 1.82) is 0 Å². The summed E-state index contributed by atoms with van der Waals surface area (Å²) in [5, 5.41) is 6.69. The Bertz CT molecular complexity index is 945. The van der Waals surface area contributed by atoms with Gasteiger partial charge in [-0.2, -0.15) is 0 Å². The number of hydrogen-bond acceptors (Lipinski definition) is 6. The summed E-state index contributed by atoms with van der Waals surface area (Å²) < 4.78 is 5.22. The van der Waals surface area contributed by atoms with E-state index < -0.39 is 0 Å². The van der Waals surface area contributed by atoms with Crippen molar-refractivity contribution in [2.75, 3.05) is 17.7 Å². The predicted octanol–water partition coefficient (Wildman–Crippen LogP) is 4.50. The van der Waals surface area contributed by atoms with E-state index in [4.69, 9.17) is 4.74 Å². The number of nitrogens with one attached hydrogen (secondary N) is 2. The van der Waals surface area contributed by atoms with E-state index in [2.05, 4.69) is 27.2 Å². The van der Waals surface area contributed by atoms with Crippen LogP contribution in [-0.2, 0) is 4.79 Å². The molecule has 3 rings (SSSR count). The zero-order valence-corrected chi connectivity index (χ0v) is 15.5. The monoisotopic (exact) mass is 378 g/mol. The van der Waals surface area contributed by atoms with Crippen molar-refractivity contribution in [2.24, 2.45) is 0 Å². The topological polar surface area (TPSA) is 76.1 Å². The Morgan fingerprint density at radius 3 is 2.70 bits per heavy atom. The number of anilines is 3. The summed E-state index contributed by atoms with van der Waals surface area (Å²) in [7, 11) is 1.63. The SMILES string of the molecule is C=CC(=O)Nc1ccc(Sc2ccnc(Nc3cccc(OC)c3)n2)cc1. The van der Waals surface area contributed by atoms with Gasteiger partial charge >= 0.3 is 0 Å². The fourth-order valence-corrected chi connectivity index (χ4v) is 2.98. The molecule has 0 aliphatic heterocycles. The molecule has 136 valence electrons. The van der Waals surface area contributed by atoms with E-state index in [0.717, 1.165) is 21.4 Å². The first-order valence-electron chi connectivity index (χ1n) is 8.12. The van der Waals surface area contributed by atoms with Crippen LogP contribution in [0.3, 0.4) is 0 Å². The van der Waals surface area contributed by atoms with Crippen LogP contribution in [0, 0.1) is 0 Å². The molecule has 27 heavy (non-hydrogen) atoms. The molecular formula is C20H18N4O2S. The summed E-state index contributed by atoms with van der Waals surface area (Å²) in [5.41, 5.74) is 1.56. The zero-order valence-electron chi connectivity index (χ0n) is 14.7. The van der Waals surface area contributed by atoms with Crippen molar-refractivity contribution < 1.29 is 9.53 Å². The molecule has 2 N–H and O–H groups in total. The Hall–Kier alpha value is -3.32. The maximum Gasteiger partial charge on any atom is 0.247 e. The second-order valence-corrected chi connectivity index (χ2v) is 6.49. The minimum Gasteiger partial charge on any atom is -0.497 e. The van der Waals surface area contributed by atoms with E-state index >= 15 is 0 Å². The third-order valence-corrected chi connectivity index (χ3v) is 4.43. The molecule has 0 aliphatic carbocycles. The Morgan fingerprint density at radius 2 is 1.96 bits per heavy atom. The minimum atomic E-state index is -0.237. The van der Waals surface area contributed by atoms with E-state index in [0.29, 0.717) is 11.6 Å². The average molecular weight is 378 g/mol. The summed E-state index contributed by atoms with van der Waals surface area (Å²) >= 11 is 1.50. The maximum absolute atomic E-state index is 11.3. The van der Waals surface area contributed by atoms with Crippen LogP contribution in [0.4, 0.5) is 17.3 Å². The van der Waals surface area contributed by atoms with Crippen LogP contribution >= 0.6 is 11.8 Å². The van der Waals surface area contributed by atoms with Crippen molar-refractivity contribution in [3.8, 4) is 5.75 Å². The number of aromatic nitrogens is 2. The lowest BCUT2D eigenvalue weighted by Crippen LogP contribution is -2.06. The van der Waals surface area contributed by atoms with E-state index in [9.17, 15) is 4.79 Å². The second-order valence-electron chi connectivity index (χ2n) is 5.40. The number of hydrogen-bond donors (Lipinski definition) is 2. The summed E-state index contributed by atoms with van der Waals surface area (Å²) in [4.78, 5) is 21.1. The molecule has 0 aliphatic rings. The maximum atomic E-state index is 11.3. The first-order valence-corrected chi connectivity index (χ1v) is 8.93. The number of benzene rings is 2. The summed E-state index contributed by atoms with van der Waals surface area (Å²) in [6, 6.07) is 16.9. The van der Waals surface area contributed by atoms with Crippen LogP contribution in [0.1, 0.15) is 0 Å². The van der Waals surface area contributed by atoms with Crippen molar-refractivity contribution in [1.82, 2.24) is 9.97 Å². The molecule has 0 bridgehead atoms. The van der Waals surface area contributed by atoms with Gasteiger partial charge < -0.3 is 15.4 Å². The molecular weight excluding hydrogens is 360 g/mol. The smallest absolute Gasteiger partial charge is 0.247 e. The van der Waals surface area contributed by atoms with Gasteiger partial charge in [0.05, 0.1) is 7.11 Å². The van der Waals surface area contributed by atoms with Crippen molar-refractivity contribution in [3.63, 3.8) is 0 Å². The summed E-state index contributed by atoms with van der Waals surface area (Å²) in [6.45, 7) is 3.43. The standard InChI is InChI=1S/C20H18N4O2S/c1-3-18(25)22-14-7-9-17(10-8-14)27-19-11-12-21-20(24-19)23-15-5-4-6-16(13-15)26-2/h3-13H,1H2,2H3,(H,22,25)(H,21,23,24). The molecule has 1 heterocycles. The van der Waals surface area contributed by atoms with Gasteiger partial charge in [-0.15, -0.1) is 0 Å². The van der Waals surface area contributed by atoms with Crippen LogP contribution in [0.5, 0.6) is 5.75 Å². The Balaban J connectivity index is 1.68. The molecule has 0 spiro atoms. The lowest BCUT2D eigenvalue weighted by atomic mass is 10.3. The quantitative estimate of drug-likeness (QED) is 0.465. The van der Waals surface area contributed by atoms with Gasteiger partial charge in [0.15, 0.2) is 0 Å². The van der Waals surface area contributed by atoms with E-state index in [1.54, 1.807) is 13.3 Å². The van der Waals surface area contributed by atoms with Gasteiger partial charge in [0.1, 0.15) is 10.8 Å². The fourth-order valence-electron chi connectivity index (χ4n) is 2.21. The largest absolute Gasteiger partial charge is 0.497 e. The minimum absolute atomic E-state index is 0.237. The third-order valence-electron chi connectivity index (χ3n) is 3.49. The number of rotatable bonds is 7. The van der Waals surface area contributed by atoms with Crippen LogP contribution in [0.15, 0.2) is 83.4 Å². The summed E-state index contributed by atoms with van der Waals surface area (Å²) in [5.74, 6) is 1.02. The van der Waals surface area contributed by atoms with Crippen LogP contribution < -0.4 is 15.4 Å². The number of carbonyl (C=O) groups is 1. The normalized spacial score (nSPS) is 10.1. The van der Waals surface area contributed by atoms with Crippen molar-refractivity contribution >= 4 is 35.0 Å². The molecule has 0 atom stereocenters. The fraction of sp³-hybridized carbons (Fsp3) is 0.0500. The van der Waals surface area contributed by atoms with Gasteiger partial charge in [-0.3, -0.25) is 4.79 Å². The molecule has 1 aromatic heterocycles. The Labute approximate surface area is 161 Å². The van der Waals surface area contributed by atoms with Crippen LogP contribution in [0.25, 0.3) is 0 Å². The molecule has 6 nitrogen and oxygen atoms in total. The van der Waals surface area contributed by atoms with Gasteiger partial charge in [-0.1, -0.05) is 24.4 Å². The second kappa shape index (κ2) is 8.86. The van der Waals surface area contributed by atoms with E-state index in [1.807, 2.05) is 54.6 Å². The highest BCUT2D eigenvalue weighted by molar-refractivity contribution is 7.99. The molecule has 7 heteroatoms. The highest BCUT2D eigenvalue weighted by Gasteiger charge is 2.04. The zero-order chi connectivity index (χ0) is 19.1. The number of ether oxygens (including phenoxy) is 1. The first kappa shape index (κ1) is 18.5. The molecule has 0 saturated carbocycles. The highest BCUT2D eigenvalue weighted by Crippen LogP contribution is 2.28. The molecule has 0 radical (unpaired) electrons. The third kappa shape index (κ3) is 5.32. The molecule has 1 amide bonds. The van der Waals surface area contributed by atoms with E-state index in [-0.39, 0.29) is 5.91 Å². The Kier molecular flexibility index (Phi) is 6.06. The summed E-state index contributed by atoms with van der Waals surface area (Å²) in [6.07, 6.45) is 2.94. The lowest BCUT2D eigenvalue weighted by Gasteiger charge is -2.08. The average Bonchev–Trinajstić information content (AvgIpc) is 2.70. The van der Waals surface area contributed by atoms with E-state index in [1.165, 1.54) is 17.8 Å². The van der Waals surface area contributed by atoms with Gasteiger partial charge in [0.2, 0.25) is 11.9 Å². The first-order chi connectivity index (χ1) is 13.2. The van der Waals surface area contributed by atoms with Crippen LogP contribution in [-0.4, -0.2) is 23.0 Å². The number of carbonyl (C=O) groups excluding carboxylic acids is 1. The molecule has 0 saturated heterocycles. The van der Waals surface area contributed by atoms with Gasteiger partial charge in [-0.05, 0) is 48.5 Å². The van der Waals surface area contributed by atoms with Crippen molar-refractivity contribution in [2.45, 2.75) is 9.92 Å². The van der Waals surface area contributed by atoms with Gasteiger partial charge in [-0.25, -0.2) is 9.97 Å². The number of nitrogens with zero attached hydrogens (tertiary/aromatic N) is 2. The highest BCUT2D eigenvalue weighted by atomic mass is 32.2. The lowest BCUT2D eigenvalue weighted by molar-refractivity contribution is -0.111. The molecule has 0 unspecified atom stereocenters. The molecule has 0 fully saturated rings. The number of amides is 1. The number of methoxy groups -OCH3 is 1. The molecule has 3 aromatic rings.